The fraction of sp³-hybridized carbons (Fsp3) is 0.273. The van der Waals surface area contributed by atoms with E-state index in [0.29, 0.717) is 0 Å². The highest BCUT2D eigenvalue weighted by molar-refractivity contribution is 5.23. The summed E-state index contributed by atoms with van der Waals surface area (Å²) in [6.07, 6.45) is 7.29. The van der Waals surface area contributed by atoms with Crippen molar-refractivity contribution >= 4 is 0 Å². The van der Waals surface area contributed by atoms with Crippen molar-refractivity contribution < 1.29 is 4.74 Å². The summed E-state index contributed by atoms with van der Waals surface area (Å²) in [7, 11) is 0. The van der Waals surface area contributed by atoms with Crippen molar-refractivity contribution in [1.82, 2.24) is 14.5 Å². The number of hydrogen-bond acceptors (Lipinski definition) is 3. The number of aromatic nitrogens is 3. The van der Waals surface area contributed by atoms with Gasteiger partial charge in [-0.25, -0.2) is 4.98 Å². The number of nitrogens with zero attached hydrogens (tertiary/aromatic N) is 3. The maximum Gasteiger partial charge on any atom is 0.124 e. The Morgan fingerprint density at radius 3 is 3.00 bits per heavy atom. The fourth-order valence-corrected chi connectivity index (χ4v) is 1.90. The lowest BCUT2D eigenvalue weighted by Gasteiger charge is -2.24. The average molecular weight is 201 g/mol. The molecule has 0 radical (unpaired) electrons. The summed E-state index contributed by atoms with van der Waals surface area (Å²) in [5.41, 5.74) is 2.25. The Labute approximate surface area is 87.5 Å². The molecule has 0 saturated heterocycles. The molecular weight excluding hydrogens is 190 g/mol. The number of ether oxygens (including phenoxy) is 1. The Hall–Kier alpha value is -1.68. The largest absolute Gasteiger partial charge is 0.365 e. The minimum absolute atomic E-state index is 0.00394. The molecule has 15 heavy (non-hydrogen) atoms. The molecule has 4 heteroatoms. The van der Waals surface area contributed by atoms with Gasteiger partial charge in [-0.3, -0.25) is 4.98 Å². The van der Waals surface area contributed by atoms with Gasteiger partial charge in [-0.05, 0) is 17.7 Å². The van der Waals surface area contributed by atoms with E-state index < -0.39 is 0 Å². The normalized spacial score (nSPS) is 19.9. The van der Waals surface area contributed by atoms with E-state index in [1.807, 2.05) is 24.7 Å². The number of rotatable bonds is 1. The van der Waals surface area contributed by atoms with Gasteiger partial charge in [-0.2, -0.15) is 0 Å². The Balaban J connectivity index is 2.03. The van der Waals surface area contributed by atoms with E-state index in [1.54, 1.807) is 12.4 Å². The summed E-state index contributed by atoms with van der Waals surface area (Å²) < 4.78 is 7.89. The summed E-state index contributed by atoms with van der Waals surface area (Å²) in [6, 6.07) is 3.96. The first-order valence-corrected chi connectivity index (χ1v) is 4.97. The Morgan fingerprint density at radius 1 is 1.27 bits per heavy atom. The number of pyridine rings is 1. The lowest BCUT2D eigenvalue weighted by atomic mass is 10.1. The highest BCUT2D eigenvalue weighted by Crippen LogP contribution is 2.28. The van der Waals surface area contributed by atoms with E-state index in [2.05, 4.69) is 14.5 Å². The van der Waals surface area contributed by atoms with Crippen LogP contribution in [0.15, 0.2) is 37.1 Å². The average Bonchev–Trinajstić information content (AvgIpc) is 2.78. The third-order valence-corrected chi connectivity index (χ3v) is 2.64. The fourth-order valence-electron chi connectivity index (χ4n) is 1.90. The molecule has 0 saturated carbocycles. The van der Waals surface area contributed by atoms with Gasteiger partial charge in [0.05, 0.1) is 24.8 Å². The molecule has 1 aliphatic rings. The predicted molar refractivity (Wildman–Crippen MR) is 54.3 cm³/mol. The second kappa shape index (κ2) is 3.47. The molecule has 4 nitrogen and oxygen atoms in total. The van der Waals surface area contributed by atoms with E-state index >= 15 is 0 Å². The van der Waals surface area contributed by atoms with Crippen LogP contribution in [0.3, 0.4) is 0 Å². The smallest absolute Gasteiger partial charge is 0.124 e. The summed E-state index contributed by atoms with van der Waals surface area (Å²) >= 11 is 0. The summed E-state index contributed by atoms with van der Waals surface area (Å²) in [4.78, 5) is 8.15. The summed E-state index contributed by atoms with van der Waals surface area (Å²) in [5.74, 6) is 0. The third kappa shape index (κ3) is 1.43. The molecular formula is C11H11N3O. The molecule has 2 aromatic rings. The quantitative estimate of drug-likeness (QED) is 0.700. The summed E-state index contributed by atoms with van der Waals surface area (Å²) in [5, 5.41) is 0. The van der Waals surface area contributed by atoms with Gasteiger partial charge in [0.1, 0.15) is 6.10 Å². The topological polar surface area (TPSA) is 39.9 Å². The molecule has 3 heterocycles. The first-order chi connectivity index (χ1) is 7.45. The van der Waals surface area contributed by atoms with Crippen molar-refractivity contribution in [3.8, 4) is 0 Å². The predicted octanol–water partition coefficient (Wildman–Crippen LogP) is 1.40. The van der Waals surface area contributed by atoms with Gasteiger partial charge >= 0.3 is 0 Å². The van der Waals surface area contributed by atoms with E-state index in [-0.39, 0.29) is 6.10 Å². The standard InChI is InChI=1S/C11H11N3O/c1-3-12-4-2-9(1)11-10-7-13-8-14(10)5-6-15-11/h1-4,7-8,11H,5-6H2. The number of imidazole rings is 1. The van der Waals surface area contributed by atoms with Gasteiger partial charge in [0.25, 0.3) is 0 Å². The second-order valence-electron chi connectivity index (χ2n) is 3.54. The molecule has 1 atom stereocenters. The Kier molecular flexibility index (Phi) is 1.99. The maximum absolute atomic E-state index is 5.76. The van der Waals surface area contributed by atoms with Crippen LogP contribution in [0.1, 0.15) is 17.4 Å². The molecule has 2 aromatic heterocycles. The molecule has 0 N–H and O–H groups in total. The van der Waals surface area contributed by atoms with Crippen LogP contribution in [0.2, 0.25) is 0 Å². The van der Waals surface area contributed by atoms with E-state index in [1.165, 1.54) is 0 Å². The zero-order valence-corrected chi connectivity index (χ0v) is 8.21. The van der Waals surface area contributed by atoms with Crippen LogP contribution < -0.4 is 0 Å². The molecule has 0 amide bonds. The number of hydrogen-bond donors (Lipinski definition) is 0. The maximum atomic E-state index is 5.76. The van der Waals surface area contributed by atoms with Crippen molar-refractivity contribution in [3.63, 3.8) is 0 Å². The van der Waals surface area contributed by atoms with Crippen LogP contribution in [0, 0.1) is 0 Å². The van der Waals surface area contributed by atoms with Gasteiger partial charge in [0.2, 0.25) is 0 Å². The van der Waals surface area contributed by atoms with Crippen LogP contribution in [0.4, 0.5) is 0 Å². The number of fused-ring (bicyclic) bond motifs is 1. The Morgan fingerprint density at radius 2 is 2.13 bits per heavy atom. The van der Waals surface area contributed by atoms with Crippen LogP contribution in [0.5, 0.6) is 0 Å². The molecule has 76 valence electrons. The third-order valence-electron chi connectivity index (χ3n) is 2.64. The molecule has 1 aliphatic heterocycles. The van der Waals surface area contributed by atoms with E-state index in [9.17, 15) is 0 Å². The molecule has 0 fully saturated rings. The van der Waals surface area contributed by atoms with Crippen LogP contribution >= 0.6 is 0 Å². The van der Waals surface area contributed by atoms with Crippen LogP contribution in [-0.2, 0) is 11.3 Å². The van der Waals surface area contributed by atoms with Crippen molar-refractivity contribution in [2.24, 2.45) is 0 Å². The van der Waals surface area contributed by atoms with E-state index in [0.717, 1.165) is 24.4 Å². The van der Waals surface area contributed by atoms with Gasteiger partial charge in [0.15, 0.2) is 0 Å². The molecule has 1 unspecified atom stereocenters. The lowest BCUT2D eigenvalue weighted by molar-refractivity contribution is 0.0464. The molecule has 0 bridgehead atoms. The molecule has 3 rings (SSSR count). The minimum atomic E-state index is 0.00394. The Bertz CT molecular complexity index is 452. The highest BCUT2D eigenvalue weighted by Gasteiger charge is 2.22. The van der Waals surface area contributed by atoms with Crippen molar-refractivity contribution in [3.05, 3.63) is 48.3 Å². The lowest BCUT2D eigenvalue weighted by Crippen LogP contribution is -2.21. The second-order valence-corrected chi connectivity index (χ2v) is 3.54. The van der Waals surface area contributed by atoms with Crippen LogP contribution in [-0.4, -0.2) is 21.1 Å². The SMILES string of the molecule is c1cc(C2OCCn3cncc32)ccn1. The summed E-state index contributed by atoms with van der Waals surface area (Å²) in [6.45, 7) is 1.62. The zero-order valence-electron chi connectivity index (χ0n) is 8.21. The van der Waals surface area contributed by atoms with Crippen molar-refractivity contribution in [2.75, 3.05) is 6.61 Å². The highest BCUT2D eigenvalue weighted by atomic mass is 16.5. The van der Waals surface area contributed by atoms with Gasteiger partial charge in [0, 0.05) is 18.9 Å². The van der Waals surface area contributed by atoms with Crippen LogP contribution in [0.25, 0.3) is 0 Å². The van der Waals surface area contributed by atoms with Crippen molar-refractivity contribution in [2.45, 2.75) is 12.6 Å². The van der Waals surface area contributed by atoms with Gasteiger partial charge in [-0.15, -0.1) is 0 Å². The minimum Gasteiger partial charge on any atom is -0.365 e. The first-order valence-electron chi connectivity index (χ1n) is 4.97. The van der Waals surface area contributed by atoms with Gasteiger partial charge in [-0.1, -0.05) is 0 Å². The first kappa shape index (κ1) is 8.61. The molecule has 0 aromatic carbocycles. The molecule has 0 spiro atoms. The molecule has 0 aliphatic carbocycles. The van der Waals surface area contributed by atoms with E-state index in [4.69, 9.17) is 4.74 Å². The van der Waals surface area contributed by atoms with Gasteiger partial charge < -0.3 is 9.30 Å². The zero-order chi connectivity index (χ0) is 10.1. The van der Waals surface area contributed by atoms with Crippen molar-refractivity contribution in [1.29, 1.82) is 0 Å². The monoisotopic (exact) mass is 201 g/mol.